The van der Waals surface area contributed by atoms with Crippen LogP contribution in [0.15, 0.2) is 30.5 Å². The fourth-order valence-corrected chi connectivity index (χ4v) is 1.71. The highest BCUT2D eigenvalue weighted by Crippen LogP contribution is 2.20. The van der Waals surface area contributed by atoms with Gasteiger partial charge in [-0.15, -0.1) is 0 Å². The highest BCUT2D eigenvalue weighted by Gasteiger charge is 2.03. The first-order valence-electron chi connectivity index (χ1n) is 4.78. The van der Waals surface area contributed by atoms with Crippen LogP contribution in [0.3, 0.4) is 0 Å². The van der Waals surface area contributed by atoms with Gasteiger partial charge >= 0.3 is 0 Å². The molecule has 0 amide bonds. The smallest absolute Gasteiger partial charge is 0.150 e. The lowest BCUT2D eigenvalue weighted by atomic mass is 10.2. The highest BCUT2D eigenvalue weighted by molar-refractivity contribution is 5.87. The molecule has 2 heteroatoms. The van der Waals surface area contributed by atoms with Gasteiger partial charge in [0.25, 0.3) is 0 Å². The topological polar surface area (TPSA) is 22.0 Å². The van der Waals surface area contributed by atoms with Crippen LogP contribution >= 0.6 is 0 Å². The summed E-state index contributed by atoms with van der Waals surface area (Å²) < 4.78 is 2.20. The van der Waals surface area contributed by atoms with E-state index in [-0.39, 0.29) is 0 Å². The lowest BCUT2D eigenvalue weighted by Crippen LogP contribution is -1.97. The van der Waals surface area contributed by atoms with E-state index >= 15 is 0 Å². The molecular weight excluding hydrogens is 174 g/mol. The highest BCUT2D eigenvalue weighted by atomic mass is 16.1. The standard InChI is InChI=1S/C12H13NO/c1-9(2)13-6-5-11-7-10(8-14)3-4-12(11)13/h3-9H,1-2H3. The zero-order valence-electron chi connectivity index (χ0n) is 8.40. The van der Waals surface area contributed by atoms with Gasteiger partial charge in [-0.2, -0.15) is 0 Å². The van der Waals surface area contributed by atoms with Crippen molar-refractivity contribution in [3.8, 4) is 0 Å². The monoisotopic (exact) mass is 187 g/mol. The molecule has 14 heavy (non-hydrogen) atoms. The Bertz CT molecular complexity index is 468. The molecule has 2 nitrogen and oxygen atoms in total. The van der Waals surface area contributed by atoms with Crippen LogP contribution in [0.5, 0.6) is 0 Å². The Morgan fingerprint density at radius 3 is 2.71 bits per heavy atom. The van der Waals surface area contributed by atoms with Crippen molar-refractivity contribution in [3.05, 3.63) is 36.0 Å². The minimum Gasteiger partial charge on any atom is -0.345 e. The predicted octanol–water partition coefficient (Wildman–Crippen LogP) is 3.03. The maximum absolute atomic E-state index is 10.6. The average Bonchev–Trinajstić information content (AvgIpc) is 2.59. The Morgan fingerprint density at radius 1 is 1.29 bits per heavy atom. The second-order valence-corrected chi connectivity index (χ2v) is 3.75. The van der Waals surface area contributed by atoms with Crippen LogP contribution in [0.25, 0.3) is 10.9 Å². The van der Waals surface area contributed by atoms with Gasteiger partial charge in [0, 0.05) is 28.7 Å². The van der Waals surface area contributed by atoms with Crippen molar-refractivity contribution in [3.63, 3.8) is 0 Å². The summed E-state index contributed by atoms with van der Waals surface area (Å²) in [6.45, 7) is 4.29. The van der Waals surface area contributed by atoms with E-state index in [1.807, 2.05) is 24.3 Å². The Hall–Kier alpha value is -1.57. The summed E-state index contributed by atoms with van der Waals surface area (Å²) in [5.74, 6) is 0. The molecule has 0 fully saturated rings. The molecule has 1 heterocycles. The second-order valence-electron chi connectivity index (χ2n) is 3.75. The lowest BCUT2D eigenvalue weighted by molar-refractivity contribution is 0.112. The number of aldehydes is 1. The van der Waals surface area contributed by atoms with E-state index in [4.69, 9.17) is 0 Å². The summed E-state index contributed by atoms with van der Waals surface area (Å²) in [7, 11) is 0. The van der Waals surface area contributed by atoms with Crippen molar-refractivity contribution in [2.24, 2.45) is 0 Å². The zero-order valence-corrected chi connectivity index (χ0v) is 8.40. The lowest BCUT2D eigenvalue weighted by Gasteiger charge is -2.08. The molecule has 0 saturated carbocycles. The Morgan fingerprint density at radius 2 is 2.07 bits per heavy atom. The number of aromatic nitrogens is 1. The van der Waals surface area contributed by atoms with Crippen molar-refractivity contribution in [2.75, 3.05) is 0 Å². The number of rotatable bonds is 2. The molecule has 72 valence electrons. The van der Waals surface area contributed by atoms with Crippen LogP contribution in [0, 0.1) is 0 Å². The van der Waals surface area contributed by atoms with Gasteiger partial charge < -0.3 is 4.57 Å². The molecule has 1 aromatic heterocycles. The van der Waals surface area contributed by atoms with Crippen molar-refractivity contribution >= 4 is 17.2 Å². The van der Waals surface area contributed by atoms with E-state index in [0.29, 0.717) is 6.04 Å². The average molecular weight is 187 g/mol. The number of benzene rings is 1. The molecule has 2 rings (SSSR count). The van der Waals surface area contributed by atoms with E-state index in [0.717, 1.165) is 17.2 Å². The van der Waals surface area contributed by atoms with Crippen LogP contribution in [0.2, 0.25) is 0 Å². The molecule has 0 unspecified atom stereocenters. The zero-order chi connectivity index (χ0) is 10.1. The SMILES string of the molecule is CC(C)n1ccc2cc(C=O)ccc21. The minimum atomic E-state index is 0.453. The van der Waals surface area contributed by atoms with Gasteiger partial charge in [0.15, 0.2) is 0 Å². The molecule has 1 aromatic carbocycles. The van der Waals surface area contributed by atoms with Crippen LogP contribution < -0.4 is 0 Å². The van der Waals surface area contributed by atoms with Crippen LogP contribution in [-0.4, -0.2) is 10.9 Å². The number of carbonyl (C=O) groups excluding carboxylic acids is 1. The summed E-state index contributed by atoms with van der Waals surface area (Å²) in [5.41, 5.74) is 1.92. The van der Waals surface area contributed by atoms with E-state index in [9.17, 15) is 4.79 Å². The third-order valence-corrected chi connectivity index (χ3v) is 2.44. The number of carbonyl (C=O) groups is 1. The van der Waals surface area contributed by atoms with E-state index in [2.05, 4.69) is 24.6 Å². The van der Waals surface area contributed by atoms with Gasteiger partial charge in [0.05, 0.1) is 0 Å². The summed E-state index contributed by atoms with van der Waals surface area (Å²) in [6.07, 6.45) is 2.94. The summed E-state index contributed by atoms with van der Waals surface area (Å²) in [6, 6.07) is 8.27. The number of hydrogen-bond acceptors (Lipinski definition) is 1. The van der Waals surface area contributed by atoms with Crippen molar-refractivity contribution in [2.45, 2.75) is 19.9 Å². The van der Waals surface area contributed by atoms with Crippen molar-refractivity contribution in [1.29, 1.82) is 0 Å². The molecule has 0 radical (unpaired) electrons. The van der Waals surface area contributed by atoms with E-state index in [1.165, 1.54) is 5.52 Å². The molecule has 0 N–H and O–H groups in total. The Labute approximate surface area is 83.2 Å². The predicted molar refractivity (Wildman–Crippen MR) is 57.7 cm³/mol. The first-order valence-corrected chi connectivity index (χ1v) is 4.78. The summed E-state index contributed by atoms with van der Waals surface area (Å²) in [4.78, 5) is 10.6. The molecule has 0 aliphatic rings. The maximum Gasteiger partial charge on any atom is 0.150 e. The van der Waals surface area contributed by atoms with E-state index in [1.54, 1.807) is 0 Å². The summed E-state index contributed by atoms with van der Waals surface area (Å²) >= 11 is 0. The van der Waals surface area contributed by atoms with Gasteiger partial charge in [-0.1, -0.05) is 0 Å². The molecule has 2 aromatic rings. The largest absolute Gasteiger partial charge is 0.345 e. The van der Waals surface area contributed by atoms with Crippen LogP contribution in [0.1, 0.15) is 30.2 Å². The molecular formula is C12H13NO. The van der Waals surface area contributed by atoms with Crippen molar-refractivity contribution < 1.29 is 4.79 Å². The van der Waals surface area contributed by atoms with Crippen LogP contribution in [0.4, 0.5) is 0 Å². The number of fused-ring (bicyclic) bond motifs is 1. The van der Waals surface area contributed by atoms with Gasteiger partial charge in [0.2, 0.25) is 0 Å². The van der Waals surface area contributed by atoms with Gasteiger partial charge in [0.1, 0.15) is 6.29 Å². The van der Waals surface area contributed by atoms with E-state index < -0.39 is 0 Å². The molecule has 0 spiro atoms. The van der Waals surface area contributed by atoms with Gasteiger partial charge in [-0.3, -0.25) is 4.79 Å². The Kier molecular flexibility index (Phi) is 2.12. The Balaban J connectivity index is 2.65. The van der Waals surface area contributed by atoms with Crippen LogP contribution in [-0.2, 0) is 0 Å². The molecule has 0 saturated heterocycles. The van der Waals surface area contributed by atoms with Gasteiger partial charge in [-0.05, 0) is 38.1 Å². The molecule has 0 aliphatic heterocycles. The molecule has 0 aliphatic carbocycles. The first-order chi connectivity index (χ1) is 6.72. The first kappa shape index (κ1) is 9.00. The molecule has 0 atom stereocenters. The molecule has 0 bridgehead atoms. The second kappa shape index (κ2) is 3.29. The maximum atomic E-state index is 10.6. The van der Waals surface area contributed by atoms with Gasteiger partial charge in [-0.25, -0.2) is 0 Å². The normalized spacial score (nSPS) is 11.1. The fourth-order valence-electron chi connectivity index (χ4n) is 1.71. The number of hydrogen-bond donors (Lipinski definition) is 0. The quantitative estimate of drug-likeness (QED) is 0.662. The fraction of sp³-hybridized carbons (Fsp3) is 0.250. The third-order valence-electron chi connectivity index (χ3n) is 2.44. The third kappa shape index (κ3) is 1.33. The summed E-state index contributed by atoms with van der Waals surface area (Å²) in [5, 5.41) is 1.13. The van der Waals surface area contributed by atoms with Crippen molar-refractivity contribution in [1.82, 2.24) is 4.57 Å². The minimum absolute atomic E-state index is 0.453. The number of nitrogens with zero attached hydrogens (tertiary/aromatic N) is 1.